The fraction of sp³-hybridized carbons (Fsp3) is 0.583. The van der Waals surface area contributed by atoms with Gasteiger partial charge >= 0.3 is 6.18 Å². The molecule has 0 amide bonds. The van der Waals surface area contributed by atoms with Gasteiger partial charge in [-0.05, 0) is 25.6 Å². The minimum atomic E-state index is -4.26. The van der Waals surface area contributed by atoms with E-state index in [4.69, 9.17) is 16.3 Å². The van der Waals surface area contributed by atoms with E-state index < -0.39 is 18.7 Å². The van der Waals surface area contributed by atoms with Crippen LogP contribution in [0, 0.1) is 6.92 Å². The van der Waals surface area contributed by atoms with Gasteiger partial charge in [0.25, 0.3) is 0 Å². The summed E-state index contributed by atoms with van der Waals surface area (Å²) in [5.74, 6) is 0.212. The number of nitrogens with zero attached hydrogens (tertiary/aromatic N) is 2. The molecule has 106 valence electrons. The highest BCUT2D eigenvalue weighted by Crippen LogP contribution is 2.31. The Morgan fingerprint density at radius 2 is 2.21 bits per heavy atom. The van der Waals surface area contributed by atoms with E-state index in [0.717, 1.165) is 11.1 Å². The summed E-state index contributed by atoms with van der Waals surface area (Å²) in [5, 5.41) is 0.228. The predicted octanol–water partition coefficient (Wildman–Crippen LogP) is 3.19. The maximum atomic E-state index is 12.5. The average Bonchev–Trinajstić information content (AvgIpc) is 2.33. The highest BCUT2D eigenvalue weighted by molar-refractivity contribution is 6.29. The maximum Gasteiger partial charge on any atom is 0.392 e. The quantitative estimate of drug-likeness (QED) is 0.744. The predicted molar refractivity (Wildman–Crippen MR) is 65.4 cm³/mol. The Morgan fingerprint density at radius 3 is 2.84 bits per heavy atom. The minimum absolute atomic E-state index is 0.201. The number of halogens is 4. The molecule has 0 N–H and O–H groups in total. The average molecular weight is 295 g/mol. The van der Waals surface area contributed by atoms with Crippen LogP contribution in [0.25, 0.3) is 0 Å². The van der Waals surface area contributed by atoms with E-state index in [2.05, 4.69) is 4.98 Å². The van der Waals surface area contributed by atoms with E-state index >= 15 is 0 Å². The Morgan fingerprint density at radius 1 is 1.53 bits per heavy atom. The molecule has 19 heavy (non-hydrogen) atoms. The van der Waals surface area contributed by atoms with Crippen LogP contribution in [-0.2, 0) is 6.54 Å². The van der Waals surface area contributed by atoms with E-state index in [1.165, 1.54) is 0 Å². The van der Waals surface area contributed by atoms with Crippen molar-refractivity contribution in [2.24, 2.45) is 0 Å². The first-order chi connectivity index (χ1) is 8.74. The molecule has 0 unspecified atom stereocenters. The van der Waals surface area contributed by atoms with Crippen LogP contribution in [0.3, 0.4) is 0 Å². The van der Waals surface area contributed by atoms with Crippen molar-refractivity contribution in [2.75, 3.05) is 13.6 Å². The van der Waals surface area contributed by atoms with Crippen molar-refractivity contribution in [3.8, 4) is 5.88 Å². The molecule has 0 saturated heterocycles. The highest BCUT2D eigenvalue weighted by atomic mass is 35.5. The van der Waals surface area contributed by atoms with E-state index in [1.807, 2.05) is 6.92 Å². The molecule has 0 aliphatic carbocycles. The standard InChI is InChI=1S/C12H14ClF3N2O/c1-7-3-10(13)17-11-9(7)6-18(2)5-8(19-11)4-12(14,15)16/h3,8H,4-6H2,1-2H3/t8-/m0/s1. The van der Waals surface area contributed by atoms with Crippen molar-refractivity contribution in [2.45, 2.75) is 32.2 Å². The molecule has 0 aromatic carbocycles. The second-order valence-corrected chi connectivity index (χ2v) is 5.19. The number of rotatable bonds is 1. The third-order valence-electron chi connectivity index (χ3n) is 2.96. The SMILES string of the molecule is Cc1cc(Cl)nc2c1CN(C)C[C@H](CC(F)(F)F)O2. The molecular formula is C12H14ClF3N2O. The zero-order valence-corrected chi connectivity index (χ0v) is 11.3. The molecule has 0 saturated carbocycles. The summed E-state index contributed by atoms with van der Waals surface area (Å²) >= 11 is 5.83. The van der Waals surface area contributed by atoms with Gasteiger partial charge in [-0.25, -0.2) is 4.98 Å². The Balaban J connectivity index is 2.30. The molecule has 0 spiro atoms. The number of aromatic nitrogens is 1. The molecule has 7 heteroatoms. The largest absolute Gasteiger partial charge is 0.472 e. The molecule has 0 bridgehead atoms. The molecule has 1 atom stereocenters. The molecule has 2 rings (SSSR count). The van der Waals surface area contributed by atoms with Crippen molar-refractivity contribution in [3.05, 3.63) is 22.3 Å². The van der Waals surface area contributed by atoms with Crippen LogP contribution in [0.1, 0.15) is 17.5 Å². The Labute approximate surface area is 114 Å². The van der Waals surface area contributed by atoms with Gasteiger partial charge in [-0.2, -0.15) is 13.2 Å². The van der Waals surface area contributed by atoms with Crippen LogP contribution in [-0.4, -0.2) is 35.8 Å². The van der Waals surface area contributed by atoms with E-state index in [9.17, 15) is 13.2 Å². The van der Waals surface area contributed by atoms with Crippen LogP contribution in [0.5, 0.6) is 5.88 Å². The van der Waals surface area contributed by atoms with Crippen molar-refractivity contribution in [1.29, 1.82) is 0 Å². The fourth-order valence-corrected chi connectivity index (χ4v) is 2.40. The van der Waals surface area contributed by atoms with Crippen LogP contribution in [0.2, 0.25) is 5.15 Å². The normalized spacial score (nSPS) is 20.6. The van der Waals surface area contributed by atoms with E-state index in [-0.39, 0.29) is 17.6 Å². The second-order valence-electron chi connectivity index (χ2n) is 4.80. The number of aryl methyl sites for hydroxylation is 1. The van der Waals surface area contributed by atoms with Gasteiger partial charge in [0.2, 0.25) is 5.88 Å². The molecular weight excluding hydrogens is 281 g/mol. The molecule has 0 radical (unpaired) electrons. The molecule has 1 aliphatic heterocycles. The summed E-state index contributed by atoms with van der Waals surface area (Å²) in [6.07, 6.45) is -6.22. The van der Waals surface area contributed by atoms with Gasteiger partial charge < -0.3 is 4.74 Å². The lowest BCUT2D eigenvalue weighted by Crippen LogP contribution is -2.34. The number of alkyl halides is 3. The molecule has 0 fully saturated rings. The van der Waals surface area contributed by atoms with Crippen LogP contribution in [0.4, 0.5) is 13.2 Å². The zero-order valence-electron chi connectivity index (χ0n) is 10.6. The monoisotopic (exact) mass is 294 g/mol. The third kappa shape index (κ3) is 3.73. The zero-order chi connectivity index (χ0) is 14.2. The summed E-state index contributed by atoms with van der Waals surface area (Å²) in [5.41, 5.74) is 1.66. The summed E-state index contributed by atoms with van der Waals surface area (Å²) in [6, 6.07) is 1.68. The number of hydrogen-bond donors (Lipinski definition) is 0. The van der Waals surface area contributed by atoms with Crippen molar-refractivity contribution in [1.82, 2.24) is 9.88 Å². The molecule has 3 nitrogen and oxygen atoms in total. The molecule has 1 aromatic heterocycles. The van der Waals surface area contributed by atoms with Gasteiger partial charge in [-0.1, -0.05) is 11.6 Å². The second kappa shape index (κ2) is 5.17. The smallest absolute Gasteiger partial charge is 0.392 e. The van der Waals surface area contributed by atoms with Gasteiger partial charge in [0.1, 0.15) is 11.3 Å². The number of likely N-dealkylation sites (N-methyl/N-ethyl adjacent to an activating group) is 1. The lowest BCUT2D eigenvalue weighted by atomic mass is 10.1. The summed E-state index contributed by atoms with van der Waals surface area (Å²) < 4.78 is 42.9. The topological polar surface area (TPSA) is 25.4 Å². The van der Waals surface area contributed by atoms with Crippen molar-refractivity contribution in [3.63, 3.8) is 0 Å². The van der Waals surface area contributed by atoms with Gasteiger partial charge in [0.05, 0.1) is 6.42 Å². The highest BCUT2D eigenvalue weighted by Gasteiger charge is 2.35. The first kappa shape index (κ1) is 14.4. The maximum absolute atomic E-state index is 12.5. The number of hydrogen-bond acceptors (Lipinski definition) is 3. The first-order valence-electron chi connectivity index (χ1n) is 5.82. The lowest BCUT2D eigenvalue weighted by molar-refractivity contribution is -0.151. The van der Waals surface area contributed by atoms with E-state index in [0.29, 0.717) is 6.54 Å². The van der Waals surface area contributed by atoms with Crippen LogP contribution < -0.4 is 4.74 Å². The Kier molecular flexibility index (Phi) is 3.92. The Bertz CT molecular complexity index is 479. The summed E-state index contributed by atoms with van der Waals surface area (Å²) in [4.78, 5) is 5.79. The van der Waals surface area contributed by atoms with Crippen molar-refractivity contribution < 1.29 is 17.9 Å². The number of pyridine rings is 1. The van der Waals surface area contributed by atoms with Gasteiger partial charge in [-0.3, -0.25) is 4.90 Å². The fourth-order valence-electron chi connectivity index (χ4n) is 2.16. The van der Waals surface area contributed by atoms with E-state index in [1.54, 1.807) is 18.0 Å². The third-order valence-corrected chi connectivity index (χ3v) is 3.15. The molecule has 1 aliphatic rings. The molecule has 2 heterocycles. The lowest BCUT2D eigenvalue weighted by Gasteiger charge is -2.20. The first-order valence-corrected chi connectivity index (χ1v) is 6.20. The van der Waals surface area contributed by atoms with Gasteiger partial charge in [0, 0.05) is 18.7 Å². The Hall–Kier alpha value is -1.01. The molecule has 1 aromatic rings. The summed E-state index contributed by atoms with van der Waals surface area (Å²) in [6.45, 7) is 2.54. The number of ether oxygens (including phenoxy) is 1. The summed E-state index contributed by atoms with van der Waals surface area (Å²) in [7, 11) is 1.76. The van der Waals surface area contributed by atoms with Crippen LogP contribution in [0.15, 0.2) is 6.07 Å². The van der Waals surface area contributed by atoms with Crippen molar-refractivity contribution >= 4 is 11.6 Å². The number of fused-ring (bicyclic) bond motifs is 1. The minimum Gasteiger partial charge on any atom is -0.472 e. The van der Waals surface area contributed by atoms with Gasteiger partial charge in [-0.15, -0.1) is 0 Å². The van der Waals surface area contributed by atoms with Gasteiger partial charge in [0.15, 0.2) is 0 Å². The van der Waals surface area contributed by atoms with Crippen LogP contribution >= 0.6 is 11.6 Å².